The highest BCUT2D eigenvalue weighted by molar-refractivity contribution is 5.74. The van der Waals surface area contributed by atoms with Crippen LogP contribution in [0.1, 0.15) is 25.7 Å². The zero-order chi connectivity index (χ0) is 23.9. The third-order valence-electron chi connectivity index (χ3n) is 7.43. The molecule has 9 nitrogen and oxygen atoms in total. The Hall–Kier alpha value is -3.88. The van der Waals surface area contributed by atoms with E-state index in [1.54, 1.807) is 18.3 Å². The van der Waals surface area contributed by atoms with Gasteiger partial charge >= 0.3 is 0 Å². The average Bonchev–Trinajstić information content (AvgIpc) is 3.11. The molecule has 3 aliphatic rings. The summed E-state index contributed by atoms with van der Waals surface area (Å²) in [5, 5.41) is 18.7. The monoisotopic (exact) mass is 472 g/mol. The summed E-state index contributed by atoms with van der Waals surface area (Å²) in [5.41, 5.74) is 9.47. The first-order valence-corrected chi connectivity index (χ1v) is 12.1. The Labute approximate surface area is 203 Å². The number of rotatable bonds is 6. The largest absolute Gasteiger partial charge is 0.507 e. The lowest BCUT2D eigenvalue weighted by Gasteiger charge is -2.43. The summed E-state index contributed by atoms with van der Waals surface area (Å²) in [5.74, 6) is 1.30. The number of hydrogen-bond donors (Lipinski definition) is 2. The topological polar surface area (TPSA) is 118 Å². The third kappa shape index (κ3) is 4.00. The molecule has 2 atom stereocenters. The molecule has 1 aromatic carbocycles. The fraction of sp³-hybridized carbons (Fsp3) is 0.385. The SMILES string of the molecule is Nc1nnc(-c2ccccc2O)cc1N1CC2CCC(C1)N2c1ccnc(O[C@H]2C[C@H](C=O)C2)c1. The van der Waals surface area contributed by atoms with Gasteiger partial charge in [-0.3, -0.25) is 0 Å². The number of aromatic nitrogens is 3. The van der Waals surface area contributed by atoms with E-state index in [0.717, 1.165) is 56.4 Å². The molecule has 35 heavy (non-hydrogen) atoms. The number of phenolic OH excluding ortho intramolecular Hbond substituents is 1. The zero-order valence-electron chi connectivity index (χ0n) is 19.3. The molecule has 180 valence electrons. The number of piperazine rings is 1. The first kappa shape index (κ1) is 21.6. The molecule has 2 saturated heterocycles. The molecule has 2 unspecified atom stereocenters. The fourth-order valence-electron chi connectivity index (χ4n) is 5.60. The van der Waals surface area contributed by atoms with E-state index in [2.05, 4.69) is 25.0 Å². The molecule has 2 aliphatic heterocycles. The van der Waals surface area contributed by atoms with Crippen LogP contribution in [0, 0.1) is 5.92 Å². The van der Waals surface area contributed by atoms with Crippen LogP contribution in [-0.2, 0) is 4.79 Å². The van der Waals surface area contributed by atoms with E-state index in [1.165, 1.54) is 0 Å². The summed E-state index contributed by atoms with van der Waals surface area (Å²) in [6, 6.07) is 13.8. The molecule has 3 fully saturated rings. The zero-order valence-corrected chi connectivity index (χ0v) is 19.3. The van der Waals surface area contributed by atoms with Gasteiger partial charge in [0.1, 0.15) is 18.1 Å². The normalized spacial score (nSPS) is 25.3. The van der Waals surface area contributed by atoms with Crippen LogP contribution in [0.3, 0.4) is 0 Å². The predicted molar refractivity (Wildman–Crippen MR) is 132 cm³/mol. The van der Waals surface area contributed by atoms with Crippen LogP contribution < -0.4 is 20.3 Å². The van der Waals surface area contributed by atoms with Crippen LogP contribution in [0.25, 0.3) is 11.3 Å². The number of nitrogens with zero attached hydrogens (tertiary/aromatic N) is 5. The Kier molecular flexibility index (Phi) is 5.39. The van der Waals surface area contributed by atoms with Crippen molar-refractivity contribution >= 4 is 23.5 Å². The Balaban J connectivity index is 1.21. The van der Waals surface area contributed by atoms with Crippen molar-refractivity contribution in [1.82, 2.24) is 15.2 Å². The van der Waals surface area contributed by atoms with E-state index < -0.39 is 0 Å². The van der Waals surface area contributed by atoms with Gasteiger partial charge in [0.15, 0.2) is 5.82 Å². The van der Waals surface area contributed by atoms with Gasteiger partial charge in [0.05, 0.1) is 11.4 Å². The van der Waals surface area contributed by atoms with Crippen molar-refractivity contribution in [3.8, 4) is 22.9 Å². The number of fused-ring (bicyclic) bond motifs is 2. The molecule has 2 bridgehead atoms. The van der Waals surface area contributed by atoms with Crippen LogP contribution >= 0.6 is 0 Å². The maximum Gasteiger partial charge on any atom is 0.215 e. The number of para-hydroxylation sites is 1. The van der Waals surface area contributed by atoms with Crippen LogP contribution in [-0.4, -0.2) is 57.9 Å². The number of phenols is 1. The van der Waals surface area contributed by atoms with Gasteiger partial charge in [-0.1, -0.05) is 12.1 Å². The summed E-state index contributed by atoms with van der Waals surface area (Å²) in [6.45, 7) is 1.63. The van der Waals surface area contributed by atoms with E-state index in [9.17, 15) is 9.90 Å². The lowest BCUT2D eigenvalue weighted by molar-refractivity contribution is -0.116. The average molecular weight is 473 g/mol. The lowest BCUT2D eigenvalue weighted by atomic mass is 9.83. The van der Waals surface area contributed by atoms with E-state index >= 15 is 0 Å². The molecule has 3 aromatic rings. The summed E-state index contributed by atoms with van der Waals surface area (Å²) in [7, 11) is 0. The molecule has 9 heteroatoms. The number of nitrogen functional groups attached to an aromatic ring is 1. The van der Waals surface area contributed by atoms with Crippen LogP contribution in [0.5, 0.6) is 11.6 Å². The number of aldehydes is 1. The molecule has 0 radical (unpaired) electrons. The molecule has 1 aliphatic carbocycles. The van der Waals surface area contributed by atoms with E-state index in [1.807, 2.05) is 30.3 Å². The minimum atomic E-state index is 0.0712. The van der Waals surface area contributed by atoms with Gasteiger partial charge in [0.2, 0.25) is 5.88 Å². The molecule has 4 heterocycles. The van der Waals surface area contributed by atoms with Crippen molar-refractivity contribution in [2.75, 3.05) is 28.6 Å². The summed E-state index contributed by atoms with van der Waals surface area (Å²) < 4.78 is 6.02. The smallest absolute Gasteiger partial charge is 0.215 e. The highest BCUT2D eigenvalue weighted by Gasteiger charge is 2.41. The lowest BCUT2D eigenvalue weighted by Crippen LogP contribution is -2.54. The summed E-state index contributed by atoms with van der Waals surface area (Å²) in [4.78, 5) is 20.0. The van der Waals surface area contributed by atoms with E-state index in [4.69, 9.17) is 10.5 Å². The van der Waals surface area contributed by atoms with Crippen LogP contribution in [0.2, 0.25) is 0 Å². The third-order valence-corrected chi connectivity index (χ3v) is 7.43. The number of benzene rings is 1. The number of nitrogens with two attached hydrogens (primary N) is 1. The second-order valence-electron chi connectivity index (χ2n) is 9.67. The number of pyridine rings is 1. The van der Waals surface area contributed by atoms with Crippen molar-refractivity contribution in [2.24, 2.45) is 5.92 Å². The predicted octanol–water partition coefficient (Wildman–Crippen LogP) is 3.04. The van der Waals surface area contributed by atoms with Crippen molar-refractivity contribution in [3.05, 3.63) is 48.7 Å². The number of ether oxygens (including phenoxy) is 1. The second-order valence-corrected chi connectivity index (χ2v) is 9.67. The number of hydrogen-bond acceptors (Lipinski definition) is 9. The molecule has 1 saturated carbocycles. The summed E-state index contributed by atoms with van der Waals surface area (Å²) in [6.07, 6.45) is 6.60. The Bertz CT molecular complexity index is 1230. The summed E-state index contributed by atoms with van der Waals surface area (Å²) >= 11 is 0. The Morgan fingerprint density at radius 1 is 1.06 bits per heavy atom. The first-order valence-electron chi connectivity index (χ1n) is 12.1. The van der Waals surface area contributed by atoms with Crippen molar-refractivity contribution < 1.29 is 14.6 Å². The van der Waals surface area contributed by atoms with E-state index in [0.29, 0.717) is 35.0 Å². The standard InChI is InChI=1S/C26H28N6O3/c27-26-23(12-22(29-30-26)21-3-1-2-4-24(21)34)31-13-18-5-6-19(14-31)32(18)17-7-8-28-25(11-17)35-20-9-16(10-20)15-33/h1-4,7-8,11-12,15-16,18-20,34H,5-6,9-10,13-14H2,(H2,27,30)/t16-,18?,19?,20-. The van der Waals surface area contributed by atoms with Gasteiger partial charge in [-0.15, -0.1) is 10.2 Å². The van der Waals surface area contributed by atoms with Crippen LogP contribution in [0.4, 0.5) is 17.2 Å². The van der Waals surface area contributed by atoms with Crippen molar-refractivity contribution in [1.29, 1.82) is 0 Å². The molecule has 2 aromatic heterocycles. The van der Waals surface area contributed by atoms with Gasteiger partial charge in [-0.2, -0.15) is 0 Å². The van der Waals surface area contributed by atoms with Gasteiger partial charge in [0.25, 0.3) is 0 Å². The molecule has 3 N–H and O–H groups in total. The fourth-order valence-corrected chi connectivity index (χ4v) is 5.60. The first-order chi connectivity index (χ1) is 17.1. The molecule has 6 rings (SSSR count). The highest BCUT2D eigenvalue weighted by Crippen LogP contribution is 2.40. The molecule has 0 amide bonds. The molecular weight excluding hydrogens is 444 g/mol. The van der Waals surface area contributed by atoms with Crippen LogP contribution in [0.15, 0.2) is 48.7 Å². The van der Waals surface area contributed by atoms with E-state index in [-0.39, 0.29) is 17.8 Å². The van der Waals surface area contributed by atoms with Gasteiger partial charge in [0, 0.05) is 54.6 Å². The maximum atomic E-state index is 10.9. The van der Waals surface area contributed by atoms with Gasteiger partial charge in [-0.25, -0.2) is 4.98 Å². The highest BCUT2D eigenvalue weighted by atomic mass is 16.5. The number of anilines is 3. The number of aromatic hydroxyl groups is 1. The quantitative estimate of drug-likeness (QED) is 0.522. The minimum Gasteiger partial charge on any atom is -0.507 e. The minimum absolute atomic E-state index is 0.0712. The second kappa shape index (κ2) is 8.72. The number of carbonyl (C=O) groups excluding carboxylic acids is 1. The van der Waals surface area contributed by atoms with Gasteiger partial charge in [-0.05, 0) is 49.9 Å². The maximum absolute atomic E-state index is 10.9. The van der Waals surface area contributed by atoms with Gasteiger partial charge < -0.3 is 30.2 Å². The molecular formula is C26H28N6O3. The Morgan fingerprint density at radius 3 is 2.57 bits per heavy atom. The van der Waals surface area contributed by atoms with Crippen molar-refractivity contribution in [2.45, 2.75) is 43.9 Å². The van der Waals surface area contributed by atoms with Crippen molar-refractivity contribution in [3.63, 3.8) is 0 Å². The number of carbonyl (C=O) groups is 1. The molecule has 0 spiro atoms. The Morgan fingerprint density at radius 2 is 1.83 bits per heavy atom.